The van der Waals surface area contributed by atoms with E-state index in [2.05, 4.69) is 10.3 Å². The van der Waals surface area contributed by atoms with E-state index in [4.69, 9.17) is 0 Å². The first-order chi connectivity index (χ1) is 8.27. The number of nitrogens with one attached hydrogen (secondary N) is 1. The highest BCUT2D eigenvalue weighted by molar-refractivity contribution is 7.09. The minimum Gasteiger partial charge on any atom is -0.480 e. The molecular weight excluding hydrogens is 236 g/mol. The van der Waals surface area contributed by atoms with Crippen LogP contribution in [0.4, 0.5) is 0 Å². The maximum absolute atomic E-state index is 11.2. The lowest BCUT2D eigenvalue weighted by molar-refractivity contribution is -0.139. The molecule has 0 aliphatic heterocycles. The van der Waals surface area contributed by atoms with Gasteiger partial charge in [-0.3, -0.25) is 10.1 Å². The van der Waals surface area contributed by atoms with Crippen molar-refractivity contribution in [2.24, 2.45) is 0 Å². The fourth-order valence-electron chi connectivity index (χ4n) is 1.52. The molecule has 0 radical (unpaired) electrons. The van der Waals surface area contributed by atoms with Gasteiger partial charge in [-0.1, -0.05) is 30.3 Å². The molecular formula is C12H12N2O2S. The molecule has 2 N–H and O–H groups in total. The summed E-state index contributed by atoms with van der Waals surface area (Å²) >= 11 is 1.51. The highest BCUT2D eigenvalue weighted by Gasteiger charge is 2.18. The summed E-state index contributed by atoms with van der Waals surface area (Å²) in [5.41, 5.74) is 0.747. The van der Waals surface area contributed by atoms with Crippen LogP contribution in [0, 0.1) is 0 Å². The van der Waals surface area contributed by atoms with Gasteiger partial charge in [0.2, 0.25) is 0 Å². The Kier molecular flexibility index (Phi) is 3.85. The normalized spacial score (nSPS) is 12.2. The van der Waals surface area contributed by atoms with E-state index in [-0.39, 0.29) is 0 Å². The van der Waals surface area contributed by atoms with E-state index < -0.39 is 12.0 Å². The number of carboxylic acids is 1. The largest absolute Gasteiger partial charge is 0.480 e. The quantitative estimate of drug-likeness (QED) is 0.850. The molecule has 4 nitrogen and oxygen atoms in total. The van der Waals surface area contributed by atoms with Crippen LogP contribution in [0.5, 0.6) is 0 Å². The van der Waals surface area contributed by atoms with Crippen LogP contribution in [0.25, 0.3) is 0 Å². The molecule has 1 heterocycles. The highest BCUT2D eigenvalue weighted by Crippen LogP contribution is 2.14. The Morgan fingerprint density at radius 1 is 1.41 bits per heavy atom. The van der Waals surface area contributed by atoms with Gasteiger partial charge in [-0.15, -0.1) is 11.3 Å². The van der Waals surface area contributed by atoms with Gasteiger partial charge in [0, 0.05) is 18.1 Å². The molecule has 1 aromatic carbocycles. The van der Waals surface area contributed by atoms with Crippen LogP contribution in [0.1, 0.15) is 16.6 Å². The van der Waals surface area contributed by atoms with Crippen LogP contribution < -0.4 is 5.32 Å². The highest BCUT2D eigenvalue weighted by atomic mass is 32.1. The van der Waals surface area contributed by atoms with Gasteiger partial charge < -0.3 is 5.11 Å². The summed E-state index contributed by atoms with van der Waals surface area (Å²) in [6, 6.07) is 8.43. The molecule has 0 bridgehead atoms. The summed E-state index contributed by atoms with van der Waals surface area (Å²) in [4.78, 5) is 15.3. The third kappa shape index (κ3) is 3.12. The molecule has 0 spiro atoms. The van der Waals surface area contributed by atoms with Crippen LogP contribution in [-0.4, -0.2) is 16.1 Å². The van der Waals surface area contributed by atoms with Crippen molar-refractivity contribution in [2.45, 2.75) is 12.6 Å². The molecule has 0 aliphatic rings. The van der Waals surface area contributed by atoms with Gasteiger partial charge >= 0.3 is 5.97 Å². The Bertz CT molecular complexity index is 471. The monoisotopic (exact) mass is 248 g/mol. The van der Waals surface area contributed by atoms with E-state index in [0.717, 1.165) is 10.6 Å². The first-order valence-corrected chi connectivity index (χ1v) is 6.05. The number of carboxylic acid groups (broad SMARTS) is 1. The van der Waals surface area contributed by atoms with Crippen molar-refractivity contribution in [3.05, 3.63) is 52.5 Å². The van der Waals surface area contributed by atoms with E-state index in [1.165, 1.54) is 11.3 Å². The molecule has 0 saturated heterocycles. The van der Waals surface area contributed by atoms with E-state index in [0.29, 0.717) is 6.54 Å². The van der Waals surface area contributed by atoms with Crippen molar-refractivity contribution in [1.82, 2.24) is 10.3 Å². The number of aromatic nitrogens is 1. The van der Waals surface area contributed by atoms with Crippen LogP contribution >= 0.6 is 11.3 Å². The van der Waals surface area contributed by atoms with Gasteiger partial charge in [-0.2, -0.15) is 0 Å². The second kappa shape index (κ2) is 5.56. The standard InChI is InChI=1S/C12H12N2O2S/c15-12(16)11(9-4-2-1-3-5-9)14-8-10-13-6-7-17-10/h1-7,11,14H,8H2,(H,15,16). The van der Waals surface area contributed by atoms with Crippen molar-refractivity contribution in [3.63, 3.8) is 0 Å². The van der Waals surface area contributed by atoms with Crippen molar-refractivity contribution in [3.8, 4) is 0 Å². The van der Waals surface area contributed by atoms with Crippen LogP contribution in [0.15, 0.2) is 41.9 Å². The molecule has 2 rings (SSSR count). The van der Waals surface area contributed by atoms with E-state index in [1.807, 2.05) is 23.6 Å². The van der Waals surface area contributed by atoms with E-state index >= 15 is 0 Å². The molecule has 1 atom stereocenters. The third-order valence-electron chi connectivity index (χ3n) is 2.32. The Hall–Kier alpha value is -1.72. The summed E-state index contributed by atoms with van der Waals surface area (Å²) in [5, 5.41) is 14.9. The molecule has 17 heavy (non-hydrogen) atoms. The molecule has 0 amide bonds. The summed E-state index contributed by atoms with van der Waals surface area (Å²) in [6.45, 7) is 0.462. The Morgan fingerprint density at radius 3 is 2.76 bits per heavy atom. The van der Waals surface area contributed by atoms with Crippen molar-refractivity contribution in [2.75, 3.05) is 0 Å². The first kappa shape index (κ1) is 11.8. The predicted molar refractivity (Wildman–Crippen MR) is 65.8 cm³/mol. The minimum atomic E-state index is -0.882. The summed E-state index contributed by atoms with van der Waals surface area (Å²) in [5.74, 6) is -0.882. The Morgan fingerprint density at radius 2 is 2.18 bits per heavy atom. The number of rotatable bonds is 5. The van der Waals surface area contributed by atoms with Gasteiger partial charge in [0.25, 0.3) is 0 Å². The summed E-state index contributed by atoms with van der Waals surface area (Å²) in [7, 11) is 0. The SMILES string of the molecule is O=C(O)C(NCc1nccs1)c1ccccc1. The second-order valence-corrected chi connectivity index (χ2v) is 4.47. The lowest BCUT2D eigenvalue weighted by Gasteiger charge is -2.13. The number of carbonyl (C=O) groups is 1. The first-order valence-electron chi connectivity index (χ1n) is 5.17. The molecule has 1 unspecified atom stereocenters. The van der Waals surface area contributed by atoms with Crippen molar-refractivity contribution in [1.29, 1.82) is 0 Å². The zero-order valence-corrected chi connectivity index (χ0v) is 9.85. The number of aliphatic carboxylic acids is 1. The fourth-order valence-corrected chi connectivity index (χ4v) is 2.09. The van der Waals surface area contributed by atoms with E-state index in [1.54, 1.807) is 18.3 Å². The third-order valence-corrected chi connectivity index (χ3v) is 3.10. The molecule has 5 heteroatoms. The number of hydrogen-bond acceptors (Lipinski definition) is 4. The maximum atomic E-state index is 11.2. The number of hydrogen-bond donors (Lipinski definition) is 2. The van der Waals surface area contributed by atoms with Crippen LogP contribution in [-0.2, 0) is 11.3 Å². The second-order valence-electron chi connectivity index (χ2n) is 3.49. The zero-order valence-electron chi connectivity index (χ0n) is 9.04. The minimum absolute atomic E-state index is 0.462. The predicted octanol–water partition coefficient (Wildman–Crippen LogP) is 2.06. The maximum Gasteiger partial charge on any atom is 0.325 e. The van der Waals surface area contributed by atoms with Crippen LogP contribution in [0.3, 0.4) is 0 Å². The molecule has 88 valence electrons. The number of nitrogens with zero attached hydrogens (tertiary/aromatic N) is 1. The van der Waals surface area contributed by atoms with Gasteiger partial charge in [0.1, 0.15) is 11.0 Å². The summed E-state index contributed by atoms with van der Waals surface area (Å²) in [6.07, 6.45) is 1.71. The van der Waals surface area contributed by atoms with Crippen molar-refractivity contribution >= 4 is 17.3 Å². The molecule has 2 aromatic rings. The van der Waals surface area contributed by atoms with E-state index in [9.17, 15) is 9.90 Å². The van der Waals surface area contributed by atoms with Gasteiger partial charge in [-0.05, 0) is 5.56 Å². The van der Waals surface area contributed by atoms with Gasteiger partial charge in [0.15, 0.2) is 0 Å². The molecule has 0 fully saturated rings. The smallest absolute Gasteiger partial charge is 0.325 e. The summed E-state index contributed by atoms with van der Waals surface area (Å²) < 4.78 is 0. The lowest BCUT2D eigenvalue weighted by atomic mass is 10.1. The molecule has 0 saturated carbocycles. The number of benzene rings is 1. The zero-order chi connectivity index (χ0) is 12.1. The van der Waals surface area contributed by atoms with Crippen molar-refractivity contribution < 1.29 is 9.90 Å². The lowest BCUT2D eigenvalue weighted by Crippen LogP contribution is -2.27. The Labute approximate surface area is 103 Å². The fraction of sp³-hybridized carbons (Fsp3) is 0.167. The average molecular weight is 248 g/mol. The van der Waals surface area contributed by atoms with Gasteiger partial charge in [0.05, 0.1) is 0 Å². The number of thiazole rings is 1. The van der Waals surface area contributed by atoms with Crippen LogP contribution in [0.2, 0.25) is 0 Å². The Balaban J connectivity index is 2.06. The topological polar surface area (TPSA) is 62.2 Å². The molecule has 1 aromatic heterocycles. The average Bonchev–Trinajstić information content (AvgIpc) is 2.83. The van der Waals surface area contributed by atoms with Gasteiger partial charge in [-0.25, -0.2) is 4.98 Å². The molecule has 0 aliphatic carbocycles.